The van der Waals surface area contributed by atoms with E-state index in [4.69, 9.17) is 10.9 Å². The van der Waals surface area contributed by atoms with Gasteiger partial charge in [-0.05, 0) is 19.8 Å². The molecule has 100 valence electrons. The van der Waals surface area contributed by atoms with Crippen LogP contribution in [0.3, 0.4) is 0 Å². The van der Waals surface area contributed by atoms with Crippen LogP contribution in [0.5, 0.6) is 0 Å². The molecule has 0 rings (SSSR count). The van der Waals surface area contributed by atoms with Crippen molar-refractivity contribution in [3.05, 3.63) is 0 Å². The van der Waals surface area contributed by atoms with Crippen LogP contribution >= 0.6 is 0 Å². The largest absolute Gasteiger partial charge is 0.409 e. The van der Waals surface area contributed by atoms with E-state index in [0.717, 1.165) is 25.7 Å². The number of nitrogens with two attached hydrogens (primary N) is 1. The second-order valence-electron chi connectivity index (χ2n) is 4.40. The van der Waals surface area contributed by atoms with Gasteiger partial charge in [-0.1, -0.05) is 31.8 Å². The van der Waals surface area contributed by atoms with Gasteiger partial charge in [0.2, 0.25) is 5.91 Å². The van der Waals surface area contributed by atoms with Crippen molar-refractivity contribution in [2.45, 2.75) is 52.5 Å². The smallest absolute Gasteiger partial charge is 0.226 e. The van der Waals surface area contributed by atoms with Gasteiger partial charge in [0.25, 0.3) is 0 Å². The normalized spacial score (nSPS) is 15.4. The van der Waals surface area contributed by atoms with Crippen molar-refractivity contribution >= 4 is 11.7 Å². The molecule has 0 aliphatic carbocycles. The van der Waals surface area contributed by atoms with Crippen molar-refractivity contribution in [3.63, 3.8) is 0 Å². The van der Waals surface area contributed by atoms with E-state index in [2.05, 4.69) is 12.1 Å². The van der Waals surface area contributed by atoms with E-state index in [-0.39, 0.29) is 23.7 Å². The fourth-order valence-electron chi connectivity index (χ4n) is 1.71. The summed E-state index contributed by atoms with van der Waals surface area (Å²) in [4.78, 5) is 13.7. The average Bonchev–Trinajstić information content (AvgIpc) is 2.36. The second-order valence-corrected chi connectivity index (χ2v) is 4.40. The van der Waals surface area contributed by atoms with Gasteiger partial charge in [-0.3, -0.25) is 4.79 Å². The van der Waals surface area contributed by atoms with Gasteiger partial charge in [-0.15, -0.1) is 0 Å². The lowest BCUT2D eigenvalue weighted by atomic mass is 9.97. The van der Waals surface area contributed by atoms with Crippen LogP contribution < -0.4 is 5.73 Å². The van der Waals surface area contributed by atoms with Gasteiger partial charge in [0.05, 0.1) is 6.04 Å². The minimum absolute atomic E-state index is 0.0360. The quantitative estimate of drug-likeness (QED) is 0.310. The predicted molar refractivity (Wildman–Crippen MR) is 68.9 cm³/mol. The van der Waals surface area contributed by atoms with Gasteiger partial charge in [0.15, 0.2) is 5.84 Å². The molecule has 0 aromatic heterocycles. The van der Waals surface area contributed by atoms with Crippen LogP contribution in [0.2, 0.25) is 0 Å². The molecule has 5 heteroatoms. The SMILES string of the molecule is CCCCC(CC)C(=O)N(C)C(C)C(N)=NO. The third-order valence-electron chi connectivity index (χ3n) is 3.22. The number of carbonyl (C=O) groups is 1. The third-order valence-corrected chi connectivity index (χ3v) is 3.22. The zero-order chi connectivity index (χ0) is 13.4. The van der Waals surface area contributed by atoms with Crippen LogP contribution in [0, 0.1) is 5.92 Å². The van der Waals surface area contributed by atoms with E-state index in [9.17, 15) is 4.79 Å². The topological polar surface area (TPSA) is 78.9 Å². The summed E-state index contributed by atoms with van der Waals surface area (Å²) in [6, 6.07) is -0.372. The molecule has 0 radical (unpaired) electrons. The molecular weight excluding hydrogens is 218 g/mol. The van der Waals surface area contributed by atoms with Gasteiger partial charge in [-0.2, -0.15) is 0 Å². The van der Waals surface area contributed by atoms with E-state index in [1.807, 2.05) is 6.92 Å². The summed E-state index contributed by atoms with van der Waals surface area (Å²) in [5.41, 5.74) is 5.50. The zero-order valence-electron chi connectivity index (χ0n) is 11.3. The lowest BCUT2D eigenvalue weighted by Gasteiger charge is -2.27. The fourth-order valence-corrected chi connectivity index (χ4v) is 1.71. The Bertz CT molecular complexity index is 266. The van der Waals surface area contributed by atoms with Crippen LogP contribution in [-0.2, 0) is 4.79 Å². The molecule has 0 bridgehead atoms. The lowest BCUT2D eigenvalue weighted by molar-refractivity contribution is -0.135. The highest BCUT2D eigenvalue weighted by Crippen LogP contribution is 2.16. The predicted octanol–water partition coefficient (Wildman–Crippen LogP) is 1.80. The number of oxime groups is 1. The minimum Gasteiger partial charge on any atom is -0.409 e. The van der Waals surface area contributed by atoms with Crippen molar-refractivity contribution in [2.75, 3.05) is 7.05 Å². The Morgan fingerprint density at radius 2 is 2.06 bits per heavy atom. The molecule has 0 fully saturated rings. The van der Waals surface area contributed by atoms with Crippen molar-refractivity contribution in [3.8, 4) is 0 Å². The molecule has 3 N–H and O–H groups in total. The Balaban J connectivity index is 4.54. The first-order valence-corrected chi connectivity index (χ1v) is 6.23. The summed E-state index contributed by atoms with van der Waals surface area (Å²) < 4.78 is 0. The lowest BCUT2D eigenvalue weighted by Crippen LogP contribution is -2.46. The number of hydrogen-bond donors (Lipinski definition) is 2. The molecule has 0 aromatic carbocycles. The van der Waals surface area contributed by atoms with Crippen LogP contribution in [0.15, 0.2) is 5.16 Å². The molecule has 0 aliphatic heterocycles. The number of amides is 1. The molecule has 0 heterocycles. The first kappa shape index (κ1) is 15.7. The summed E-state index contributed by atoms with van der Waals surface area (Å²) in [6.07, 6.45) is 3.87. The number of hydrogen-bond acceptors (Lipinski definition) is 3. The maximum absolute atomic E-state index is 12.2. The van der Waals surface area contributed by atoms with Crippen LogP contribution in [0.4, 0.5) is 0 Å². The zero-order valence-corrected chi connectivity index (χ0v) is 11.3. The number of likely N-dealkylation sites (N-methyl/N-ethyl adjacent to an activating group) is 1. The Hall–Kier alpha value is -1.26. The highest BCUT2D eigenvalue weighted by Gasteiger charge is 2.25. The Kier molecular flexibility index (Phi) is 7.34. The Morgan fingerprint density at radius 1 is 1.47 bits per heavy atom. The second kappa shape index (κ2) is 7.92. The van der Waals surface area contributed by atoms with Gasteiger partial charge in [0, 0.05) is 13.0 Å². The Labute approximate surface area is 104 Å². The van der Waals surface area contributed by atoms with Crippen LogP contribution in [0.25, 0.3) is 0 Å². The van der Waals surface area contributed by atoms with Gasteiger partial charge >= 0.3 is 0 Å². The highest BCUT2D eigenvalue weighted by atomic mass is 16.4. The highest BCUT2D eigenvalue weighted by molar-refractivity contribution is 5.90. The van der Waals surface area contributed by atoms with E-state index in [1.165, 1.54) is 0 Å². The standard InChI is InChI=1S/C12H25N3O2/c1-5-7-8-10(6-2)12(16)15(4)9(3)11(13)14-17/h9-10,17H,5-8H2,1-4H3,(H2,13,14). The molecule has 2 unspecified atom stereocenters. The monoisotopic (exact) mass is 243 g/mol. The van der Waals surface area contributed by atoms with E-state index in [1.54, 1.807) is 18.9 Å². The molecule has 0 saturated carbocycles. The Morgan fingerprint density at radius 3 is 2.47 bits per heavy atom. The van der Waals surface area contributed by atoms with Gasteiger partial charge in [-0.25, -0.2) is 0 Å². The molecule has 5 nitrogen and oxygen atoms in total. The number of unbranched alkanes of at least 4 members (excludes halogenated alkanes) is 1. The molecular formula is C12H25N3O2. The summed E-state index contributed by atoms with van der Waals surface area (Å²) in [7, 11) is 1.69. The number of rotatable bonds is 7. The summed E-state index contributed by atoms with van der Waals surface area (Å²) in [6.45, 7) is 5.87. The number of nitrogens with zero attached hydrogens (tertiary/aromatic N) is 2. The fraction of sp³-hybridized carbons (Fsp3) is 0.833. The first-order chi connectivity index (χ1) is 7.99. The summed E-state index contributed by atoms with van der Waals surface area (Å²) in [5, 5.41) is 11.5. The number of amidine groups is 1. The van der Waals surface area contributed by atoms with Gasteiger partial charge < -0.3 is 15.8 Å². The molecule has 0 aliphatic rings. The molecule has 0 aromatic rings. The molecule has 1 amide bonds. The summed E-state index contributed by atoms with van der Waals surface area (Å²) >= 11 is 0. The average molecular weight is 243 g/mol. The van der Waals surface area contributed by atoms with Crippen LogP contribution in [0.1, 0.15) is 46.5 Å². The van der Waals surface area contributed by atoms with Crippen LogP contribution in [-0.4, -0.2) is 34.9 Å². The molecule has 0 spiro atoms. The third kappa shape index (κ3) is 4.63. The van der Waals surface area contributed by atoms with E-state index < -0.39 is 0 Å². The van der Waals surface area contributed by atoms with E-state index >= 15 is 0 Å². The summed E-state index contributed by atoms with van der Waals surface area (Å²) in [5.74, 6) is 0.167. The van der Waals surface area contributed by atoms with Crippen molar-refractivity contribution in [1.82, 2.24) is 4.90 Å². The maximum Gasteiger partial charge on any atom is 0.226 e. The molecule has 0 saturated heterocycles. The number of carbonyl (C=O) groups excluding carboxylic acids is 1. The first-order valence-electron chi connectivity index (χ1n) is 6.23. The van der Waals surface area contributed by atoms with Gasteiger partial charge in [0.1, 0.15) is 0 Å². The maximum atomic E-state index is 12.2. The van der Waals surface area contributed by atoms with E-state index in [0.29, 0.717) is 0 Å². The molecule has 2 atom stereocenters. The minimum atomic E-state index is -0.372. The van der Waals surface area contributed by atoms with Crippen molar-refractivity contribution < 1.29 is 10.0 Å². The van der Waals surface area contributed by atoms with Crippen molar-refractivity contribution in [2.24, 2.45) is 16.8 Å². The molecule has 17 heavy (non-hydrogen) atoms. The van der Waals surface area contributed by atoms with Crippen molar-refractivity contribution in [1.29, 1.82) is 0 Å².